The Morgan fingerprint density at radius 2 is 1.89 bits per heavy atom. The number of rotatable bonds is 7. The zero-order valence-corrected chi connectivity index (χ0v) is 18.3. The summed E-state index contributed by atoms with van der Waals surface area (Å²) in [6.45, 7) is 3.20. The van der Waals surface area contributed by atoms with E-state index in [4.69, 9.17) is 16.6 Å². The molecule has 0 saturated heterocycles. The van der Waals surface area contributed by atoms with Crippen molar-refractivity contribution in [3.8, 4) is 0 Å². The van der Waals surface area contributed by atoms with Crippen molar-refractivity contribution >= 4 is 56.0 Å². The van der Waals surface area contributed by atoms with Crippen LogP contribution in [0.1, 0.15) is 5.56 Å². The van der Waals surface area contributed by atoms with E-state index in [2.05, 4.69) is 0 Å². The van der Waals surface area contributed by atoms with Gasteiger partial charge in [-0.15, -0.1) is 11.8 Å². The van der Waals surface area contributed by atoms with Crippen LogP contribution in [0.4, 0.5) is 9.52 Å². The summed E-state index contributed by atoms with van der Waals surface area (Å²) in [4.78, 5) is 22.3. The number of thiazole rings is 1. The van der Waals surface area contributed by atoms with Gasteiger partial charge in [0.15, 0.2) is 5.13 Å². The third-order valence-electron chi connectivity index (χ3n) is 4.22. The lowest BCUT2D eigenvalue weighted by molar-refractivity contribution is -0.116. The highest BCUT2D eigenvalue weighted by Crippen LogP contribution is 2.34. The number of aromatic nitrogens is 1. The maximum Gasteiger partial charge on any atom is 0.239 e. The lowest BCUT2D eigenvalue weighted by Gasteiger charge is -2.21. The summed E-state index contributed by atoms with van der Waals surface area (Å²) in [7, 11) is 3.94. The van der Waals surface area contributed by atoms with Crippen molar-refractivity contribution in [1.29, 1.82) is 0 Å². The molecule has 0 saturated carbocycles. The second-order valence-electron chi connectivity index (χ2n) is 6.61. The predicted molar refractivity (Wildman–Crippen MR) is 117 cm³/mol. The molecule has 8 heteroatoms. The Morgan fingerprint density at radius 3 is 2.57 bits per heavy atom. The van der Waals surface area contributed by atoms with E-state index in [0.717, 1.165) is 27.2 Å². The van der Waals surface area contributed by atoms with Crippen LogP contribution in [0.25, 0.3) is 10.2 Å². The van der Waals surface area contributed by atoms with Crippen LogP contribution in [0.3, 0.4) is 0 Å². The van der Waals surface area contributed by atoms with Crippen molar-refractivity contribution < 1.29 is 9.18 Å². The fourth-order valence-corrected chi connectivity index (χ4v) is 4.58. The molecule has 0 radical (unpaired) electrons. The predicted octanol–water partition coefficient (Wildman–Crippen LogP) is 5.08. The highest BCUT2D eigenvalue weighted by molar-refractivity contribution is 8.00. The fourth-order valence-electron chi connectivity index (χ4n) is 2.59. The number of hydrogen-bond acceptors (Lipinski definition) is 5. The van der Waals surface area contributed by atoms with Crippen LogP contribution in [0.15, 0.2) is 41.3 Å². The number of nitrogens with zero attached hydrogens (tertiary/aromatic N) is 3. The Balaban J connectivity index is 1.82. The second kappa shape index (κ2) is 9.22. The Bertz CT molecular complexity index is 975. The molecule has 0 bridgehead atoms. The molecule has 0 fully saturated rings. The first kappa shape index (κ1) is 21.0. The molecular formula is C20H21ClFN3OS2. The maximum atomic E-state index is 13.1. The minimum absolute atomic E-state index is 0.0287. The summed E-state index contributed by atoms with van der Waals surface area (Å²) in [5, 5.41) is 1.34. The van der Waals surface area contributed by atoms with Crippen LogP contribution in [0.5, 0.6) is 0 Å². The van der Waals surface area contributed by atoms with Gasteiger partial charge in [-0.3, -0.25) is 9.69 Å². The molecule has 2 aromatic carbocycles. The summed E-state index contributed by atoms with van der Waals surface area (Å²) >= 11 is 9.10. The summed E-state index contributed by atoms with van der Waals surface area (Å²) in [6, 6.07) is 9.96. The van der Waals surface area contributed by atoms with Crippen LogP contribution in [0.2, 0.25) is 5.02 Å². The van der Waals surface area contributed by atoms with E-state index in [1.165, 1.54) is 35.2 Å². The van der Waals surface area contributed by atoms with Gasteiger partial charge in [0, 0.05) is 23.0 Å². The number of likely N-dealkylation sites (N-methyl/N-ethyl adjacent to an activating group) is 1. The Hall–Kier alpha value is -1.67. The van der Waals surface area contributed by atoms with Crippen LogP contribution in [0, 0.1) is 12.7 Å². The standard InChI is InChI=1S/C20H21ClFN3OS2/c1-13-16(21)8-9-17-19(13)23-20(28-17)25(11-10-24(2)3)18(26)12-27-15-6-4-14(22)5-7-15/h4-9H,10-12H2,1-3H3. The second-order valence-corrected chi connectivity index (χ2v) is 9.07. The van der Waals surface area contributed by atoms with Crippen molar-refractivity contribution in [3.05, 3.63) is 52.8 Å². The molecular weight excluding hydrogens is 417 g/mol. The van der Waals surface area contributed by atoms with E-state index < -0.39 is 0 Å². The Labute approximate surface area is 177 Å². The largest absolute Gasteiger partial charge is 0.308 e. The molecule has 3 aromatic rings. The van der Waals surface area contributed by atoms with Gasteiger partial charge in [-0.2, -0.15) is 0 Å². The molecule has 0 N–H and O–H groups in total. The van der Waals surface area contributed by atoms with E-state index in [9.17, 15) is 9.18 Å². The number of hydrogen-bond donors (Lipinski definition) is 0. The molecule has 0 aliphatic rings. The lowest BCUT2D eigenvalue weighted by Crippen LogP contribution is -2.37. The highest BCUT2D eigenvalue weighted by atomic mass is 35.5. The maximum absolute atomic E-state index is 13.1. The molecule has 1 aromatic heterocycles. The van der Waals surface area contributed by atoms with Crippen LogP contribution in [-0.2, 0) is 4.79 Å². The average molecular weight is 438 g/mol. The van der Waals surface area contributed by atoms with Gasteiger partial charge in [0.05, 0.1) is 16.0 Å². The molecule has 1 heterocycles. The minimum Gasteiger partial charge on any atom is -0.308 e. The van der Waals surface area contributed by atoms with Crippen molar-refractivity contribution in [2.75, 3.05) is 37.8 Å². The molecule has 0 aliphatic carbocycles. The topological polar surface area (TPSA) is 36.4 Å². The van der Waals surface area contributed by atoms with E-state index >= 15 is 0 Å². The number of thioether (sulfide) groups is 1. The Morgan fingerprint density at radius 1 is 1.18 bits per heavy atom. The number of aryl methyl sites for hydroxylation is 1. The molecule has 3 rings (SSSR count). The minimum atomic E-state index is -0.285. The molecule has 0 atom stereocenters. The van der Waals surface area contributed by atoms with E-state index in [1.54, 1.807) is 17.0 Å². The third kappa shape index (κ3) is 5.03. The van der Waals surface area contributed by atoms with Crippen LogP contribution < -0.4 is 4.90 Å². The number of carbonyl (C=O) groups excluding carboxylic acids is 1. The van der Waals surface area contributed by atoms with Gasteiger partial charge < -0.3 is 4.90 Å². The van der Waals surface area contributed by atoms with Gasteiger partial charge in [-0.25, -0.2) is 9.37 Å². The summed E-state index contributed by atoms with van der Waals surface area (Å²) in [5.41, 5.74) is 1.75. The van der Waals surface area contributed by atoms with Gasteiger partial charge in [0.1, 0.15) is 5.82 Å². The quantitative estimate of drug-likeness (QED) is 0.483. The molecule has 1 amide bonds. The van der Waals surface area contributed by atoms with Gasteiger partial charge in [0.2, 0.25) is 5.91 Å². The van der Waals surface area contributed by atoms with Crippen molar-refractivity contribution in [2.45, 2.75) is 11.8 Å². The average Bonchev–Trinajstić information content (AvgIpc) is 3.09. The first-order chi connectivity index (χ1) is 13.3. The number of halogens is 2. The van der Waals surface area contributed by atoms with Crippen molar-refractivity contribution in [2.24, 2.45) is 0 Å². The van der Waals surface area contributed by atoms with Gasteiger partial charge in [-0.1, -0.05) is 22.9 Å². The van der Waals surface area contributed by atoms with E-state index in [0.29, 0.717) is 16.7 Å². The molecule has 0 aliphatic heterocycles. The molecule has 4 nitrogen and oxygen atoms in total. The summed E-state index contributed by atoms with van der Waals surface area (Å²) in [6.07, 6.45) is 0. The highest BCUT2D eigenvalue weighted by Gasteiger charge is 2.21. The number of fused-ring (bicyclic) bond motifs is 1. The SMILES string of the molecule is Cc1c(Cl)ccc2sc(N(CCN(C)C)C(=O)CSc3ccc(F)cc3)nc12. The lowest BCUT2D eigenvalue weighted by atomic mass is 10.2. The summed E-state index contributed by atoms with van der Waals surface area (Å²) in [5.74, 6) is -0.0554. The van der Waals surface area contributed by atoms with Crippen molar-refractivity contribution in [1.82, 2.24) is 9.88 Å². The number of benzene rings is 2. The number of amides is 1. The molecule has 28 heavy (non-hydrogen) atoms. The normalized spacial score (nSPS) is 11.4. The molecule has 0 unspecified atom stereocenters. The first-order valence-electron chi connectivity index (χ1n) is 8.74. The third-order valence-corrected chi connectivity index (χ3v) is 6.67. The number of carbonyl (C=O) groups is 1. The van der Waals surface area contributed by atoms with Crippen molar-refractivity contribution in [3.63, 3.8) is 0 Å². The first-order valence-corrected chi connectivity index (χ1v) is 10.9. The monoisotopic (exact) mass is 437 g/mol. The zero-order valence-electron chi connectivity index (χ0n) is 15.9. The van der Waals surface area contributed by atoms with Crippen LogP contribution >= 0.6 is 34.7 Å². The van der Waals surface area contributed by atoms with Crippen LogP contribution in [-0.4, -0.2) is 48.7 Å². The molecule has 148 valence electrons. The van der Waals surface area contributed by atoms with Gasteiger partial charge >= 0.3 is 0 Å². The smallest absolute Gasteiger partial charge is 0.239 e. The summed E-state index contributed by atoms with van der Waals surface area (Å²) < 4.78 is 14.1. The van der Waals surface area contributed by atoms with Gasteiger partial charge in [0.25, 0.3) is 0 Å². The molecule has 0 spiro atoms. The van der Waals surface area contributed by atoms with E-state index in [-0.39, 0.29) is 17.5 Å². The zero-order chi connectivity index (χ0) is 20.3. The Kier molecular flexibility index (Phi) is 6.93. The van der Waals surface area contributed by atoms with E-state index in [1.807, 2.05) is 38.1 Å². The fraction of sp³-hybridized carbons (Fsp3) is 0.300. The van der Waals surface area contributed by atoms with Gasteiger partial charge in [-0.05, 0) is 63.0 Å². The number of anilines is 1.